The van der Waals surface area contributed by atoms with E-state index in [2.05, 4.69) is 10.3 Å². The van der Waals surface area contributed by atoms with E-state index < -0.39 is 13.3 Å². The molecule has 120 valence electrons. The molecule has 0 aliphatic carbocycles. The molecule has 0 unspecified atom stereocenters. The third-order valence-electron chi connectivity index (χ3n) is 2.92. The second-order valence-electron chi connectivity index (χ2n) is 4.45. The van der Waals surface area contributed by atoms with E-state index in [1.54, 1.807) is 48.5 Å². The monoisotopic (exact) mass is 318 g/mol. The van der Waals surface area contributed by atoms with Gasteiger partial charge in [-0.25, -0.2) is 8.78 Å². The lowest BCUT2D eigenvalue weighted by Gasteiger charge is -2.04. The van der Waals surface area contributed by atoms with Crippen LogP contribution in [0.4, 0.5) is 8.78 Å². The van der Waals surface area contributed by atoms with Crippen LogP contribution in [0.25, 0.3) is 0 Å². The molecule has 0 fully saturated rings. The molecule has 0 bridgehead atoms. The van der Waals surface area contributed by atoms with Gasteiger partial charge < -0.3 is 9.68 Å². The number of hydrogen-bond donors (Lipinski definition) is 0. The Morgan fingerprint density at radius 2 is 1.09 bits per heavy atom. The Balaban J connectivity index is 1.89. The third-order valence-corrected chi connectivity index (χ3v) is 2.92. The van der Waals surface area contributed by atoms with Crippen molar-refractivity contribution in [3.63, 3.8) is 0 Å². The topological polar surface area (TPSA) is 43.2 Å². The summed E-state index contributed by atoms with van der Waals surface area (Å²) in [5, 5.41) is 7.32. The molecule has 0 atom stereocenters. The zero-order valence-electron chi connectivity index (χ0n) is 12.4. The van der Waals surface area contributed by atoms with Gasteiger partial charge in [0, 0.05) is 11.1 Å². The van der Waals surface area contributed by atoms with Gasteiger partial charge in [0.2, 0.25) is 0 Å². The van der Waals surface area contributed by atoms with Gasteiger partial charge in [-0.1, -0.05) is 71.0 Å². The lowest BCUT2D eigenvalue weighted by Crippen LogP contribution is -2.07. The van der Waals surface area contributed by atoms with E-state index in [0.29, 0.717) is 11.1 Å². The first-order valence-corrected chi connectivity index (χ1v) is 6.95. The molecule has 0 radical (unpaired) electrons. The van der Waals surface area contributed by atoms with E-state index >= 15 is 0 Å². The Bertz CT molecular complexity index is 589. The van der Waals surface area contributed by atoms with Gasteiger partial charge in [-0.2, -0.15) is 0 Å². The largest absolute Gasteiger partial charge is 0.351 e. The first-order valence-electron chi connectivity index (χ1n) is 6.95. The molecule has 6 heteroatoms. The van der Waals surface area contributed by atoms with E-state index in [0.717, 1.165) is 0 Å². The van der Waals surface area contributed by atoms with Crippen molar-refractivity contribution in [1.82, 2.24) is 0 Å². The van der Waals surface area contributed by atoms with Crippen molar-refractivity contribution >= 4 is 11.4 Å². The number of benzene rings is 2. The van der Waals surface area contributed by atoms with Crippen LogP contribution in [0, 0.1) is 0 Å². The molecular weight excluding hydrogens is 302 g/mol. The van der Waals surface area contributed by atoms with Gasteiger partial charge in [0.15, 0.2) is 0 Å². The molecule has 2 aromatic rings. The standard InChI is InChI=1S/C17H16F2N2O2/c18-11-16(14-7-3-1-4-8-14)20-22-13-23-21-17(12-19)15-9-5-2-6-10-15/h1-10H,11-13H2/b20-16+,21-17+. The molecule has 0 aliphatic heterocycles. The van der Waals surface area contributed by atoms with E-state index in [9.17, 15) is 8.78 Å². The van der Waals surface area contributed by atoms with E-state index in [4.69, 9.17) is 9.68 Å². The maximum atomic E-state index is 12.9. The molecule has 0 saturated carbocycles. The van der Waals surface area contributed by atoms with Crippen molar-refractivity contribution in [2.24, 2.45) is 10.3 Å². The van der Waals surface area contributed by atoms with Crippen molar-refractivity contribution in [3.8, 4) is 0 Å². The summed E-state index contributed by atoms with van der Waals surface area (Å²) in [4.78, 5) is 9.74. The lowest BCUT2D eigenvalue weighted by atomic mass is 10.1. The molecule has 2 rings (SSSR count). The van der Waals surface area contributed by atoms with Gasteiger partial charge in [0.05, 0.1) is 0 Å². The zero-order chi connectivity index (χ0) is 16.3. The van der Waals surface area contributed by atoms with Crippen molar-refractivity contribution < 1.29 is 18.5 Å². The van der Waals surface area contributed by atoms with Crippen molar-refractivity contribution in [3.05, 3.63) is 71.8 Å². The highest BCUT2D eigenvalue weighted by Gasteiger charge is 2.04. The number of oxime groups is 2. The second-order valence-corrected chi connectivity index (χ2v) is 4.45. The normalized spacial score (nSPS) is 12.1. The van der Waals surface area contributed by atoms with Gasteiger partial charge in [-0.15, -0.1) is 0 Å². The Hall–Kier alpha value is -2.76. The second kappa shape index (κ2) is 9.30. The summed E-state index contributed by atoms with van der Waals surface area (Å²) < 4.78 is 25.9. The lowest BCUT2D eigenvalue weighted by molar-refractivity contribution is -0.0509. The Labute approximate surface area is 133 Å². The van der Waals surface area contributed by atoms with Gasteiger partial charge in [-0.3, -0.25) is 0 Å². The van der Waals surface area contributed by atoms with Crippen molar-refractivity contribution in [2.75, 3.05) is 20.1 Å². The summed E-state index contributed by atoms with van der Waals surface area (Å²) in [6.07, 6.45) is 0. The maximum Gasteiger partial charge on any atom is 0.280 e. The number of halogens is 2. The Morgan fingerprint density at radius 1 is 0.696 bits per heavy atom. The minimum Gasteiger partial charge on any atom is -0.351 e. The number of hydrogen-bond acceptors (Lipinski definition) is 4. The van der Waals surface area contributed by atoms with Gasteiger partial charge >= 0.3 is 0 Å². The van der Waals surface area contributed by atoms with E-state index in [1.165, 1.54) is 0 Å². The quantitative estimate of drug-likeness (QED) is 0.322. The fraction of sp³-hybridized carbons (Fsp3) is 0.176. The van der Waals surface area contributed by atoms with Crippen molar-refractivity contribution in [2.45, 2.75) is 0 Å². The first kappa shape index (κ1) is 16.6. The summed E-state index contributed by atoms with van der Waals surface area (Å²) in [6.45, 7) is -1.88. The van der Waals surface area contributed by atoms with Crippen LogP contribution in [0.5, 0.6) is 0 Å². The number of alkyl halides is 2. The molecule has 0 aliphatic rings. The molecule has 0 aromatic heterocycles. The van der Waals surface area contributed by atoms with Crippen LogP contribution in [0.2, 0.25) is 0 Å². The SMILES string of the molecule is FC/C(=N\OCO/N=C(\CF)c1ccccc1)c1ccccc1. The van der Waals surface area contributed by atoms with Crippen LogP contribution in [0.3, 0.4) is 0 Å². The van der Waals surface area contributed by atoms with E-state index in [-0.39, 0.29) is 18.2 Å². The highest BCUT2D eigenvalue weighted by Crippen LogP contribution is 2.04. The predicted molar refractivity (Wildman–Crippen MR) is 84.9 cm³/mol. The number of rotatable bonds is 8. The highest BCUT2D eigenvalue weighted by molar-refractivity contribution is 6.01. The summed E-state index contributed by atoms with van der Waals surface area (Å²) in [5.74, 6) is 0. The summed E-state index contributed by atoms with van der Waals surface area (Å²) in [5.41, 5.74) is 1.53. The Morgan fingerprint density at radius 3 is 1.43 bits per heavy atom. The molecule has 0 heterocycles. The molecule has 0 amide bonds. The van der Waals surface area contributed by atoms with Gasteiger partial charge in [-0.05, 0) is 0 Å². The first-order chi connectivity index (χ1) is 11.3. The minimum atomic E-state index is -0.771. The summed E-state index contributed by atoms with van der Waals surface area (Å²) in [7, 11) is 0. The fourth-order valence-electron chi connectivity index (χ4n) is 1.80. The average molecular weight is 318 g/mol. The molecular formula is C17H16F2N2O2. The molecule has 2 aromatic carbocycles. The predicted octanol–water partition coefficient (Wildman–Crippen LogP) is 3.72. The molecule has 0 spiro atoms. The van der Waals surface area contributed by atoms with Crippen LogP contribution < -0.4 is 0 Å². The Kier molecular flexibility index (Phi) is 6.71. The summed E-state index contributed by atoms with van der Waals surface area (Å²) >= 11 is 0. The van der Waals surface area contributed by atoms with Gasteiger partial charge in [0.25, 0.3) is 6.79 Å². The van der Waals surface area contributed by atoms with Crippen LogP contribution >= 0.6 is 0 Å². The fourth-order valence-corrected chi connectivity index (χ4v) is 1.80. The minimum absolute atomic E-state index is 0.145. The summed E-state index contributed by atoms with van der Waals surface area (Å²) in [6, 6.07) is 17.6. The molecule has 0 saturated heterocycles. The van der Waals surface area contributed by atoms with Crippen LogP contribution in [-0.4, -0.2) is 31.6 Å². The van der Waals surface area contributed by atoms with Crippen molar-refractivity contribution in [1.29, 1.82) is 0 Å². The number of nitrogens with zero attached hydrogens (tertiary/aromatic N) is 2. The third kappa shape index (κ3) is 5.18. The highest BCUT2D eigenvalue weighted by atomic mass is 19.1. The maximum absolute atomic E-state index is 12.9. The average Bonchev–Trinajstić information content (AvgIpc) is 2.63. The zero-order valence-corrected chi connectivity index (χ0v) is 12.4. The molecule has 23 heavy (non-hydrogen) atoms. The van der Waals surface area contributed by atoms with Crippen LogP contribution in [0.1, 0.15) is 11.1 Å². The van der Waals surface area contributed by atoms with Gasteiger partial charge in [0.1, 0.15) is 24.8 Å². The molecule has 4 nitrogen and oxygen atoms in total. The van der Waals surface area contributed by atoms with E-state index in [1.807, 2.05) is 12.1 Å². The molecule has 0 N–H and O–H groups in total. The van der Waals surface area contributed by atoms with Crippen LogP contribution in [-0.2, 0) is 9.68 Å². The van der Waals surface area contributed by atoms with Crippen LogP contribution in [0.15, 0.2) is 71.0 Å². The smallest absolute Gasteiger partial charge is 0.280 e.